The number of hydrogen-bond donors (Lipinski definition) is 0. The molecule has 1 amide bonds. The summed E-state index contributed by atoms with van der Waals surface area (Å²) in [6.45, 7) is 3.57. The molecule has 0 aliphatic carbocycles. The zero-order chi connectivity index (χ0) is 11.8. The van der Waals surface area contributed by atoms with Gasteiger partial charge in [0.25, 0.3) is 0 Å². The number of nitrogens with zero attached hydrogens (tertiary/aromatic N) is 1. The molecular weight excluding hydrogens is 286 g/mol. The number of hydrogen-bond acceptors (Lipinski definition) is 2. The van der Waals surface area contributed by atoms with Gasteiger partial charge >= 0.3 is 0 Å². The highest BCUT2D eigenvalue weighted by atomic mass is 79.9. The maximum absolute atomic E-state index is 11.8. The molecule has 4 heteroatoms. The first kappa shape index (κ1) is 13.6. The van der Waals surface area contributed by atoms with Crippen LogP contribution in [0.1, 0.15) is 6.92 Å². The molecule has 1 rings (SSSR count). The summed E-state index contributed by atoms with van der Waals surface area (Å²) in [5.74, 6) is 0.723. The Balaban J connectivity index is 2.40. The van der Waals surface area contributed by atoms with Gasteiger partial charge in [-0.3, -0.25) is 4.79 Å². The lowest BCUT2D eigenvalue weighted by molar-refractivity contribution is -0.127. The number of carbonyl (C=O) groups is 1. The summed E-state index contributed by atoms with van der Waals surface area (Å²) in [6, 6.07) is 10.0. The van der Waals surface area contributed by atoms with Crippen LogP contribution >= 0.6 is 27.7 Å². The highest BCUT2D eigenvalue weighted by Crippen LogP contribution is 2.17. The van der Waals surface area contributed by atoms with Crippen molar-refractivity contribution in [3.63, 3.8) is 0 Å². The molecule has 0 spiro atoms. The first-order valence-corrected chi connectivity index (χ1v) is 7.40. The Morgan fingerprint density at radius 2 is 2.06 bits per heavy atom. The third-order valence-corrected chi connectivity index (χ3v) is 3.55. The van der Waals surface area contributed by atoms with Crippen molar-refractivity contribution in [2.24, 2.45) is 0 Å². The van der Waals surface area contributed by atoms with Crippen LogP contribution in [0.15, 0.2) is 35.2 Å². The second-order valence-electron chi connectivity index (χ2n) is 3.26. The molecule has 0 saturated carbocycles. The molecule has 2 nitrogen and oxygen atoms in total. The minimum absolute atomic E-state index is 0.204. The van der Waals surface area contributed by atoms with E-state index in [2.05, 4.69) is 15.9 Å². The summed E-state index contributed by atoms with van der Waals surface area (Å²) >= 11 is 4.95. The Bertz CT molecular complexity index is 318. The van der Waals surface area contributed by atoms with Gasteiger partial charge in [-0.1, -0.05) is 34.1 Å². The molecule has 0 saturated heterocycles. The summed E-state index contributed by atoms with van der Waals surface area (Å²) in [7, 11) is 0. The molecule has 0 heterocycles. The first-order valence-electron chi connectivity index (χ1n) is 5.29. The molecule has 0 atom stereocenters. The van der Waals surface area contributed by atoms with Crippen molar-refractivity contribution >= 4 is 33.6 Å². The average molecular weight is 302 g/mol. The first-order chi connectivity index (χ1) is 7.77. The molecule has 0 N–H and O–H groups in total. The Kier molecular flexibility index (Phi) is 6.57. The smallest absolute Gasteiger partial charge is 0.232 e. The van der Waals surface area contributed by atoms with Crippen molar-refractivity contribution in [2.75, 3.05) is 24.2 Å². The zero-order valence-electron chi connectivity index (χ0n) is 9.36. The molecule has 0 aliphatic heterocycles. The van der Waals surface area contributed by atoms with Gasteiger partial charge < -0.3 is 4.90 Å². The van der Waals surface area contributed by atoms with E-state index in [1.807, 2.05) is 42.2 Å². The molecule has 0 aliphatic rings. The van der Waals surface area contributed by atoms with E-state index in [1.165, 1.54) is 0 Å². The highest BCUT2D eigenvalue weighted by molar-refractivity contribution is 9.09. The number of benzene rings is 1. The van der Waals surface area contributed by atoms with Gasteiger partial charge in [-0.2, -0.15) is 0 Å². The van der Waals surface area contributed by atoms with Crippen molar-refractivity contribution in [3.05, 3.63) is 30.3 Å². The number of alkyl halides is 1. The second kappa shape index (κ2) is 7.74. The Labute approximate surface area is 110 Å². The Morgan fingerprint density at radius 3 is 2.62 bits per heavy atom. The van der Waals surface area contributed by atoms with E-state index in [-0.39, 0.29) is 5.91 Å². The normalized spacial score (nSPS) is 10.1. The van der Waals surface area contributed by atoms with E-state index in [9.17, 15) is 4.79 Å². The van der Waals surface area contributed by atoms with E-state index >= 15 is 0 Å². The van der Waals surface area contributed by atoms with E-state index in [0.717, 1.165) is 23.3 Å². The van der Waals surface area contributed by atoms with Crippen molar-refractivity contribution in [1.29, 1.82) is 0 Å². The maximum Gasteiger partial charge on any atom is 0.232 e. The molecular formula is C12H16BrNOS. The second-order valence-corrected chi connectivity index (χ2v) is 5.11. The topological polar surface area (TPSA) is 20.3 Å². The maximum atomic E-state index is 11.8. The standard InChI is InChI=1S/C12H16BrNOS/c1-2-14(9-8-13)12(15)10-16-11-6-4-3-5-7-11/h3-7H,2,8-10H2,1H3. The van der Waals surface area contributed by atoms with Gasteiger partial charge in [-0.15, -0.1) is 11.8 Å². The molecule has 16 heavy (non-hydrogen) atoms. The molecule has 1 aromatic rings. The van der Waals surface area contributed by atoms with Gasteiger partial charge in [0, 0.05) is 23.3 Å². The quantitative estimate of drug-likeness (QED) is 0.595. The van der Waals surface area contributed by atoms with Crippen LogP contribution in [0.2, 0.25) is 0 Å². The number of amides is 1. The van der Waals surface area contributed by atoms with E-state index in [1.54, 1.807) is 11.8 Å². The van der Waals surface area contributed by atoms with Gasteiger partial charge in [0.15, 0.2) is 0 Å². The summed E-state index contributed by atoms with van der Waals surface area (Å²) in [5.41, 5.74) is 0. The van der Waals surface area contributed by atoms with Gasteiger partial charge in [0.1, 0.15) is 0 Å². The van der Waals surface area contributed by atoms with Crippen LogP contribution < -0.4 is 0 Å². The fourth-order valence-electron chi connectivity index (χ4n) is 1.31. The van der Waals surface area contributed by atoms with Crippen LogP contribution in [0.4, 0.5) is 0 Å². The van der Waals surface area contributed by atoms with Crippen molar-refractivity contribution < 1.29 is 4.79 Å². The number of thioether (sulfide) groups is 1. The molecule has 88 valence electrons. The Morgan fingerprint density at radius 1 is 1.38 bits per heavy atom. The van der Waals surface area contributed by atoms with Crippen LogP contribution in [-0.2, 0) is 4.79 Å². The van der Waals surface area contributed by atoms with Crippen LogP contribution in [0.3, 0.4) is 0 Å². The molecule has 0 bridgehead atoms. The summed E-state index contributed by atoms with van der Waals surface area (Å²) in [6.07, 6.45) is 0. The summed E-state index contributed by atoms with van der Waals surface area (Å²) in [5, 5.41) is 0.836. The third-order valence-electron chi connectivity index (χ3n) is 2.19. The predicted molar refractivity (Wildman–Crippen MR) is 73.2 cm³/mol. The van der Waals surface area contributed by atoms with Gasteiger partial charge in [0.05, 0.1) is 5.75 Å². The summed E-state index contributed by atoms with van der Waals surface area (Å²) in [4.78, 5) is 14.8. The van der Waals surface area contributed by atoms with Crippen LogP contribution in [0.5, 0.6) is 0 Å². The van der Waals surface area contributed by atoms with Crippen LogP contribution in [0.25, 0.3) is 0 Å². The van der Waals surface area contributed by atoms with Crippen molar-refractivity contribution in [2.45, 2.75) is 11.8 Å². The zero-order valence-corrected chi connectivity index (χ0v) is 11.8. The molecule has 0 fully saturated rings. The SMILES string of the molecule is CCN(CCBr)C(=O)CSc1ccccc1. The molecule has 0 unspecified atom stereocenters. The number of rotatable bonds is 6. The monoisotopic (exact) mass is 301 g/mol. The van der Waals surface area contributed by atoms with Gasteiger partial charge in [-0.05, 0) is 19.1 Å². The largest absolute Gasteiger partial charge is 0.341 e. The van der Waals surface area contributed by atoms with Crippen LogP contribution in [0, 0.1) is 0 Å². The van der Waals surface area contributed by atoms with Crippen LogP contribution in [-0.4, -0.2) is 35.0 Å². The van der Waals surface area contributed by atoms with Crippen molar-refractivity contribution in [1.82, 2.24) is 4.90 Å². The number of carbonyl (C=O) groups excluding carboxylic acids is 1. The minimum Gasteiger partial charge on any atom is -0.341 e. The Hall–Kier alpha value is -0.480. The number of halogens is 1. The fraction of sp³-hybridized carbons (Fsp3) is 0.417. The lowest BCUT2D eigenvalue weighted by Gasteiger charge is -2.19. The molecule has 0 aromatic heterocycles. The predicted octanol–water partition coefficient (Wildman–Crippen LogP) is 3.02. The average Bonchev–Trinajstić information content (AvgIpc) is 2.34. The third kappa shape index (κ3) is 4.58. The summed E-state index contributed by atoms with van der Waals surface area (Å²) < 4.78 is 0. The lowest BCUT2D eigenvalue weighted by atomic mass is 10.4. The molecule has 0 radical (unpaired) electrons. The van der Waals surface area contributed by atoms with Crippen molar-refractivity contribution in [3.8, 4) is 0 Å². The molecule has 1 aromatic carbocycles. The highest BCUT2D eigenvalue weighted by Gasteiger charge is 2.10. The minimum atomic E-state index is 0.204. The van der Waals surface area contributed by atoms with E-state index in [4.69, 9.17) is 0 Å². The van der Waals surface area contributed by atoms with E-state index in [0.29, 0.717) is 5.75 Å². The van der Waals surface area contributed by atoms with E-state index < -0.39 is 0 Å². The fourth-order valence-corrected chi connectivity index (χ4v) is 2.56. The lowest BCUT2D eigenvalue weighted by Crippen LogP contribution is -2.33. The van der Waals surface area contributed by atoms with Gasteiger partial charge in [-0.25, -0.2) is 0 Å². The van der Waals surface area contributed by atoms with Gasteiger partial charge in [0.2, 0.25) is 5.91 Å².